The van der Waals surface area contributed by atoms with Gasteiger partial charge in [-0.3, -0.25) is 14.4 Å². The van der Waals surface area contributed by atoms with Crippen molar-refractivity contribution in [3.05, 3.63) is 109 Å². The van der Waals surface area contributed by atoms with E-state index in [2.05, 4.69) is 106 Å². The smallest absolute Gasteiger partial charge is 0.310 e. The normalized spacial score (nSPS) is 13.0. The van der Waals surface area contributed by atoms with Gasteiger partial charge in [-0.05, 0) is 70.6 Å². The Bertz CT molecular complexity index is 1360. The van der Waals surface area contributed by atoms with Gasteiger partial charge in [-0.1, -0.05) is 246 Å². The molecule has 0 aliphatic heterocycles. The maximum absolute atomic E-state index is 12.7. The first kappa shape index (κ1) is 61.1. The van der Waals surface area contributed by atoms with Crippen molar-refractivity contribution in [2.75, 3.05) is 13.2 Å². The molecule has 65 heavy (non-hydrogen) atoms. The summed E-state index contributed by atoms with van der Waals surface area (Å²) >= 11 is 0. The van der Waals surface area contributed by atoms with Gasteiger partial charge in [-0.15, -0.1) is 0 Å². The molecule has 368 valence electrons. The molecule has 6 nitrogen and oxygen atoms in total. The van der Waals surface area contributed by atoms with Crippen LogP contribution in [0.2, 0.25) is 0 Å². The number of ether oxygens (including phenoxy) is 3. The fourth-order valence-corrected chi connectivity index (χ4v) is 6.94. The standard InChI is InChI=1S/C59H96O6/c1-4-7-10-13-16-19-22-25-27-28-29-30-32-34-37-40-43-46-49-52-58(61)64-55-56(54-63-57(60)51-48-45-42-39-36-33-24-21-18-15-12-9-6-3)65-59(62)53-50-47-44-41-38-35-31-26-23-20-17-14-11-8-5-2/h8-9,11-12,17-18,20-21,26,31,33,36,38,41-42,45,47,50,56H,4-7,10,13-16,19,22-25,27-30,32,34-35,37,39-40,43-44,46,48-49,51-55H2,1-3H3/b11-8-,12-9-,20-17-,21-18-,31-26-,36-33-,41-38-,45-42-,50-47-. The van der Waals surface area contributed by atoms with Gasteiger partial charge < -0.3 is 14.2 Å². The number of rotatable bonds is 46. The number of esters is 3. The Hall–Kier alpha value is -3.93. The molecule has 0 aliphatic carbocycles. The number of hydrogen-bond acceptors (Lipinski definition) is 6. The molecule has 6 heteroatoms. The van der Waals surface area contributed by atoms with Gasteiger partial charge in [0.25, 0.3) is 0 Å². The van der Waals surface area contributed by atoms with Crippen molar-refractivity contribution in [2.45, 2.75) is 232 Å². The highest BCUT2D eigenvalue weighted by Gasteiger charge is 2.19. The molecular weight excluding hydrogens is 805 g/mol. The molecule has 0 N–H and O–H groups in total. The van der Waals surface area contributed by atoms with Crippen LogP contribution in [0, 0.1) is 0 Å². The zero-order valence-corrected chi connectivity index (χ0v) is 42.0. The minimum Gasteiger partial charge on any atom is -0.462 e. The lowest BCUT2D eigenvalue weighted by Gasteiger charge is -2.18. The van der Waals surface area contributed by atoms with Gasteiger partial charge in [0.15, 0.2) is 6.10 Å². The van der Waals surface area contributed by atoms with Gasteiger partial charge in [0.05, 0.1) is 6.42 Å². The summed E-state index contributed by atoms with van der Waals surface area (Å²) in [4.78, 5) is 37.9. The molecule has 0 spiro atoms. The molecule has 0 aromatic carbocycles. The second kappa shape index (κ2) is 52.7. The van der Waals surface area contributed by atoms with E-state index in [0.29, 0.717) is 19.3 Å². The number of carbonyl (C=O) groups is 3. The van der Waals surface area contributed by atoms with Crippen molar-refractivity contribution in [2.24, 2.45) is 0 Å². The van der Waals surface area contributed by atoms with E-state index < -0.39 is 12.1 Å². The molecule has 0 amide bonds. The lowest BCUT2D eigenvalue weighted by Crippen LogP contribution is -2.30. The van der Waals surface area contributed by atoms with Gasteiger partial charge in [-0.25, -0.2) is 0 Å². The second-order valence-electron chi connectivity index (χ2n) is 17.0. The minimum absolute atomic E-state index is 0.0805. The van der Waals surface area contributed by atoms with Crippen molar-refractivity contribution < 1.29 is 28.6 Å². The third kappa shape index (κ3) is 50.9. The third-order valence-corrected chi connectivity index (χ3v) is 10.8. The third-order valence-electron chi connectivity index (χ3n) is 10.8. The van der Waals surface area contributed by atoms with E-state index in [1.54, 1.807) is 6.08 Å². The predicted molar refractivity (Wildman–Crippen MR) is 279 cm³/mol. The largest absolute Gasteiger partial charge is 0.462 e. The average molecular weight is 901 g/mol. The van der Waals surface area contributed by atoms with Crippen LogP contribution >= 0.6 is 0 Å². The quantitative estimate of drug-likeness (QED) is 0.0262. The number of allylic oxidation sites excluding steroid dienone is 17. The summed E-state index contributed by atoms with van der Waals surface area (Å²) in [6, 6.07) is 0. The van der Waals surface area contributed by atoms with Crippen molar-refractivity contribution in [1.29, 1.82) is 0 Å². The molecule has 1 atom stereocenters. The summed E-state index contributed by atoms with van der Waals surface area (Å²) in [6.45, 7) is 6.26. The van der Waals surface area contributed by atoms with Crippen LogP contribution < -0.4 is 0 Å². The van der Waals surface area contributed by atoms with Crippen LogP contribution in [0.5, 0.6) is 0 Å². The molecule has 0 heterocycles. The highest BCUT2D eigenvalue weighted by molar-refractivity contribution is 5.72. The lowest BCUT2D eigenvalue weighted by atomic mass is 10.0. The van der Waals surface area contributed by atoms with Crippen LogP contribution in [-0.2, 0) is 28.6 Å². The highest BCUT2D eigenvalue weighted by Crippen LogP contribution is 2.15. The van der Waals surface area contributed by atoms with E-state index >= 15 is 0 Å². The van der Waals surface area contributed by atoms with Crippen molar-refractivity contribution in [3.63, 3.8) is 0 Å². The fraction of sp³-hybridized carbons (Fsp3) is 0.644. The Morgan fingerprint density at radius 3 is 1.02 bits per heavy atom. The van der Waals surface area contributed by atoms with Crippen LogP contribution in [0.25, 0.3) is 0 Å². The highest BCUT2D eigenvalue weighted by atomic mass is 16.6. The topological polar surface area (TPSA) is 78.9 Å². The van der Waals surface area contributed by atoms with E-state index in [0.717, 1.165) is 70.6 Å². The molecule has 0 aliphatic rings. The molecule has 1 unspecified atom stereocenters. The zero-order valence-electron chi connectivity index (χ0n) is 42.0. The Morgan fingerprint density at radius 1 is 0.338 bits per heavy atom. The van der Waals surface area contributed by atoms with Crippen molar-refractivity contribution >= 4 is 17.9 Å². The Kier molecular flexibility index (Phi) is 49.5. The number of unbranched alkanes of at least 4 members (excludes halogenated alkanes) is 18. The molecule has 0 aromatic heterocycles. The number of carbonyl (C=O) groups excluding carboxylic acids is 3. The molecule has 0 bridgehead atoms. The molecule has 0 rings (SSSR count). The van der Waals surface area contributed by atoms with Crippen molar-refractivity contribution in [1.82, 2.24) is 0 Å². The van der Waals surface area contributed by atoms with Crippen LogP contribution in [-0.4, -0.2) is 37.2 Å². The van der Waals surface area contributed by atoms with Crippen molar-refractivity contribution in [3.8, 4) is 0 Å². The Morgan fingerprint density at radius 2 is 0.646 bits per heavy atom. The Labute approximate surface area is 400 Å². The summed E-state index contributed by atoms with van der Waals surface area (Å²) in [6.07, 6.45) is 71.2. The Balaban J connectivity index is 4.52. The summed E-state index contributed by atoms with van der Waals surface area (Å²) in [5.41, 5.74) is 0. The first-order valence-corrected chi connectivity index (χ1v) is 26.4. The summed E-state index contributed by atoms with van der Waals surface area (Å²) in [5.74, 6) is -1.16. The van der Waals surface area contributed by atoms with E-state index in [1.807, 2.05) is 18.2 Å². The van der Waals surface area contributed by atoms with E-state index in [-0.39, 0.29) is 38.0 Å². The van der Waals surface area contributed by atoms with Gasteiger partial charge in [0.2, 0.25) is 0 Å². The average Bonchev–Trinajstić information content (AvgIpc) is 3.30. The predicted octanol–water partition coefficient (Wildman–Crippen LogP) is 17.5. The molecular formula is C59H96O6. The van der Waals surface area contributed by atoms with E-state index in [9.17, 15) is 14.4 Å². The van der Waals surface area contributed by atoms with E-state index in [1.165, 1.54) is 103 Å². The molecule has 0 saturated heterocycles. The fourth-order valence-electron chi connectivity index (χ4n) is 6.94. The summed E-state index contributed by atoms with van der Waals surface area (Å²) in [7, 11) is 0. The second-order valence-corrected chi connectivity index (χ2v) is 17.0. The first-order chi connectivity index (χ1) is 32.0. The van der Waals surface area contributed by atoms with Crippen LogP contribution in [0.15, 0.2) is 109 Å². The van der Waals surface area contributed by atoms with Crippen LogP contribution in [0.3, 0.4) is 0 Å². The maximum atomic E-state index is 12.7. The molecule has 0 saturated carbocycles. The van der Waals surface area contributed by atoms with Crippen LogP contribution in [0.4, 0.5) is 0 Å². The SMILES string of the molecule is CC/C=C\C/C=C\C/C=C\C/C=C\C/C=C\CC(=O)OC(COC(=O)CC/C=C\C/C=C\C/C=C\C/C=C\CC)COC(=O)CCCCCCCCCCCCCCCCCCCCC. The lowest BCUT2D eigenvalue weighted by molar-refractivity contribution is -0.166. The van der Waals surface area contributed by atoms with Gasteiger partial charge in [-0.2, -0.15) is 0 Å². The minimum atomic E-state index is -0.861. The zero-order chi connectivity index (χ0) is 47.2. The van der Waals surface area contributed by atoms with Gasteiger partial charge >= 0.3 is 17.9 Å². The first-order valence-electron chi connectivity index (χ1n) is 26.4. The van der Waals surface area contributed by atoms with E-state index in [4.69, 9.17) is 14.2 Å². The maximum Gasteiger partial charge on any atom is 0.310 e. The molecule has 0 fully saturated rings. The summed E-state index contributed by atoms with van der Waals surface area (Å²) < 4.78 is 16.6. The van der Waals surface area contributed by atoms with Gasteiger partial charge in [0, 0.05) is 12.8 Å². The molecule has 0 aromatic rings. The van der Waals surface area contributed by atoms with Gasteiger partial charge in [0.1, 0.15) is 13.2 Å². The van der Waals surface area contributed by atoms with Crippen LogP contribution in [0.1, 0.15) is 226 Å². The monoisotopic (exact) mass is 901 g/mol. The summed E-state index contributed by atoms with van der Waals surface area (Å²) in [5, 5.41) is 0. The molecule has 0 radical (unpaired) electrons. The number of hydrogen-bond donors (Lipinski definition) is 0.